The van der Waals surface area contributed by atoms with Gasteiger partial charge in [-0.2, -0.15) is 5.10 Å². The van der Waals surface area contributed by atoms with Crippen LogP contribution in [-0.2, 0) is 0 Å². The van der Waals surface area contributed by atoms with Gasteiger partial charge in [0.15, 0.2) is 0 Å². The Labute approximate surface area is 140 Å². The van der Waals surface area contributed by atoms with E-state index in [1.165, 1.54) is 11.1 Å². The summed E-state index contributed by atoms with van der Waals surface area (Å²) in [5.74, 6) is 1.54. The van der Waals surface area contributed by atoms with E-state index in [1.807, 2.05) is 42.5 Å². The molecular weight excluding hydrogens is 298 g/mol. The van der Waals surface area contributed by atoms with Crippen molar-refractivity contribution in [2.24, 2.45) is 5.10 Å². The second-order valence-corrected chi connectivity index (χ2v) is 5.83. The van der Waals surface area contributed by atoms with Crippen LogP contribution in [0.1, 0.15) is 16.9 Å². The predicted octanol–water partition coefficient (Wildman–Crippen LogP) is 4.80. The number of aryl methyl sites for hydroxylation is 2. The Balaban J connectivity index is 1.64. The number of benzene rings is 2. The molecule has 0 atom stereocenters. The minimum Gasteiger partial charge on any atom is -0.455 e. The molecule has 4 rings (SSSR count). The van der Waals surface area contributed by atoms with Crippen LogP contribution in [0.5, 0.6) is 0 Å². The van der Waals surface area contributed by atoms with Crippen molar-refractivity contribution in [1.29, 1.82) is 0 Å². The number of imidazole rings is 1. The summed E-state index contributed by atoms with van der Waals surface area (Å²) in [6.45, 7) is 4.18. The van der Waals surface area contributed by atoms with Crippen molar-refractivity contribution in [2.45, 2.75) is 13.8 Å². The van der Waals surface area contributed by atoms with Crippen molar-refractivity contribution < 1.29 is 4.42 Å². The fraction of sp³-hybridized carbons (Fsp3) is 0.100. The molecular formula is C20H17N3O. The molecule has 0 N–H and O–H groups in total. The highest BCUT2D eigenvalue weighted by Gasteiger charge is 2.05. The molecule has 0 unspecified atom stereocenters. The third kappa shape index (κ3) is 2.63. The third-order valence-corrected chi connectivity index (χ3v) is 4.14. The molecule has 2 aromatic heterocycles. The molecule has 118 valence electrons. The average Bonchev–Trinajstić information content (AvgIpc) is 3.22. The van der Waals surface area contributed by atoms with E-state index in [4.69, 9.17) is 4.42 Å². The summed E-state index contributed by atoms with van der Waals surface area (Å²) in [6.07, 6.45) is 3.43. The normalized spacial score (nSPS) is 11.6. The Morgan fingerprint density at radius 3 is 2.62 bits per heavy atom. The van der Waals surface area contributed by atoms with E-state index < -0.39 is 0 Å². The molecule has 4 heteroatoms. The van der Waals surface area contributed by atoms with Crippen molar-refractivity contribution in [1.82, 2.24) is 9.66 Å². The van der Waals surface area contributed by atoms with E-state index >= 15 is 0 Å². The molecule has 0 bridgehead atoms. The van der Waals surface area contributed by atoms with Gasteiger partial charge >= 0.3 is 0 Å². The van der Waals surface area contributed by atoms with Gasteiger partial charge in [0, 0.05) is 5.56 Å². The first-order chi connectivity index (χ1) is 11.7. The van der Waals surface area contributed by atoms with E-state index in [0.29, 0.717) is 5.76 Å². The summed E-state index contributed by atoms with van der Waals surface area (Å²) in [5, 5.41) is 4.48. The van der Waals surface area contributed by atoms with E-state index in [1.54, 1.807) is 17.2 Å². The average molecular weight is 315 g/mol. The van der Waals surface area contributed by atoms with E-state index in [0.717, 1.165) is 22.4 Å². The lowest BCUT2D eigenvalue weighted by Gasteiger charge is -2.00. The standard InChI is InChI=1S/C20H17N3O/c1-14-10-18-19(11-15(14)2)23(13-21-18)22-12-17-8-9-20(24-17)16-6-4-3-5-7-16/h3-13H,1-2H3. The van der Waals surface area contributed by atoms with Gasteiger partial charge in [0.2, 0.25) is 0 Å². The van der Waals surface area contributed by atoms with Crippen LogP contribution >= 0.6 is 0 Å². The van der Waals surface area contributed by atoms with Gasteiger partial charge < -0.3 is 4.42 Å². The van der Waals surface area contributed by atoms with Gasteiger partial charge in [-0.3, -0.25) is 0 Å². The molecule has 2 heterocycles. The number of fused-ring (bicyclic) bond motifs is 1. The monoisotopic (exact) mass is 315 g/mol. The number of nitrogens with zero attached hydrogens (tertiary/aromatic N) is 3. The first kappa shape index (κ1) is 14.5. The highest BCUT2D eigenvalue weighted by Crippen LogP contribution is 2.21. The van der Waals surface area contributed by atoms with Gasteiger partial charge in [-0.05, 0) is 49.2 Å². The van der Waals surface area contributed by atoms with E-state index in [2.05, 4.69) is 36.1 Å². The van der Waals surface area contributed by atoms with Crippen LogP contribution < -0.4 is 0 Å². The molecule has 0 spiro atoms. The summed E-state index contributed by atoms with van der Waals surface area (Å²) in [6, 6.07) is 18.1. The maximum absolute atomic E-state index is 5.84. The quantitative estimate of drug-likeness (QED) is 0.510. The molecule has 0 fully saturated rings. The topological polar surface area (TPSA) is 43.3 Å². The van der Waals surface area contributed by atoms with Crippen molar-refractivity contribution in [3.05, 3.63) is 77.8 Å². The molecule has 0 radical (unpaired) electrons. The molecule has 0 aliphatic rings. The number of aromatic nitrogens is 2. The second-order valence-electron chi connectivity index (χ2n) is 5.83. The molecule has 0 saturated carbocycles. The zero-order valence-electron chi connectivity index (χ0n) is 13.6. The summed E-state index contributed by atoms with van der Waals surface area (Å²) in [7, 11) is 0. The summed E-state index contributed by atoms with van der Waals surface area (Å²) in [5.41, 5.74) is 5.44. The van der Waals surface area contributed by atoms with E-state index in [-0.39, 0.29) is 0 Å². The minimum absolute atomic E-state index is 0.708. The number of furan rings is 1. The highest BCUT2D eigenvalue weighted by atomic mass is 16.3. The van der Waals surface area contributed by atoms with Crippen LogP contribution in [0.25, 0.3) is 22.4 Å². The van der Waals surface area contributed by atoms with E-state index in [9.17, 15) is 0 Å². The van der Waals surface area contributed by atoms with Crippen molar-refractivity contribution in [3.63, 3.8) is 0 Å². The van der Waals surface area contributed by atoms with Gasteiger partial charge in [0.1, 0.15) is 17.8 Å². The lowest BCUT2D eigenvalue weighted by Crippen LogP contribution is -1.89. The Morgan fingerprint density at radius 2 is 1.79 bits per heavy atom. The van der Waals surface area contributed by atoms with Crippen molar-refractivity contribution >= 4 is 17.2 Å². The van der Waals surface area contributed by atoms with Crippen LogP contribution in [0, 0.1) is 13.8 Å². The van der Waals surface area contributed by atoms with Crippen LogP contribution in [0.3, 0.4) is 0 Å². The lowest BCUT2D eigenvalue weighted by molar-refractivity contribution is 0.574. The summed E-state index contributed by atoms with van der Waals surface area (Å²) >= 11 is 0. The molecule has 4 nitrogen and oxygen atoms in total. The second kappa shape index (κ2) is 5.81. The Hall–Kier alpha value is -3.14. The lowest BCUT2D eigenvalue weighted by atomic mass is 10.1. The first-order valence-electron chi connectivity index (χ1n) is 7.84. The first-order valence-corrected chi connectivity index (χ1v) is 7.84. The maximum atomic E-state index is 5.84. The summed E-state index contributed by atoms with van der Waals surface area (Å²) in [4.78, 5) is 4.40. The van der Waals surface area contributed by atoms with Crippen LogP contribution in [0.2, 0.25) is 0 Å². The molecule has 24 heavy (non-hydrogen) atoms. The van der Waals surface area contributed by atoms with Gasteiger partial charge in [0.25, 0.3) is 0 Å². The predicted molar refractivity (Wildman–Crippen MR) is 96.3 cm³/mol. The zero-order chi connectivity index (χ0) is 16.5. The van der Waals surface area contributed by atoms with Crippen LogP contribution in [0.15, 0.2) is 70.4 Å². The Bertz CT molecular complexity index is 1030. The maximum Gasteiger partial charge on any atom is 0.147 e. The molecule has 0 saturated heterocycles. The van der Waals surface area contributed by atoms with Gasteiger partial charge in [0.05, 0.1) is 17.2 Å². The fourth-order valence-corrected chi connectivity index (χ4v) is 2.64. The Morgan fingerprint density at radius 1 is 1.00 bits per heavy atom. The molecule has 0 aliphatic heterocycles. The fourth-order valence-electron chi connectivity index (χ4n) is 2.64. The summed E-state index contributed by atoms with van der Waals surface area (Å²) < 4.78 is 7.61. The smallest absolute Gasteiger partial charge is 0.147 e. The van der Waals surface area contributed by atoms with Gasteiger partial charge in [-0.25, -0.2) is 9.66 Å². The SMILES string of the molecule is Cc1cc2ncn(N=Cc3ccc(-c4ccccc4)o3)c2cc1C. The number of rotatable bonds is 3. The van der Waals surface area contributed by atoms with Gasteiger partial charge in [-0.1, -0.05) is 30.3 Å². The minimum atomic E-state index is 0.708. The van der Waals surface area contributed by atoms with Crippen LogP contribution in [0.4, 0.5) is 0 Å². The zero-order valence-corrected chi connectivity index (χ0v) is 13.6. The molecule has 0 amide bonds. The molecule has 2 aromatic carbocycles. The number of hydrogen-bond donors (Lipinski definition) is 0. The highest BCUT2D eigenvalue weighted by molar-refractivity contribution is 5.80. The molecule has 4 aromatic rings. The van der Waals surface area contributed by atoms with Crippen LogP contribution in [-0.4, -0.2) is 15.9 Å². The third-order valence-electron chi connectivity index (χ3n) is 4.14. The largest absolute Gasteiger partial charge is 0.455 e. The van der Waals surface area contributed by atoms with Crippen molar-refractivity contribution in [3.8, 4) is 11.3 Å². The Kier molecular flexibility index (Phi) is 3.50. The molecule has 0 aliphatic carbocycles. The number of hydrogen-bond acceptors (Lipinski definition) is 3. The van der Waals surface area contributed by atoms with Crippen molar-refractivity contribution in [2.75, 3.05) is 0 Å². The van der Waals surface area contributed by atoms with Gasteiger partial charge in [-0.15, -0.1) is 0 Å².